The molecular weight excluding hydrogens is 328 g/mol. The molecule has 0 amide bonds. The van der Waals surface area contributed by atoms with E-state index in [-0.39, 0.29) is 0 Å². The van der Waals surface area contributed by atoms with E-state index in [1.165, 1.54) is 36.8 Å². The van der Waals surface area contributed by atoms with Crippen molar-refractivity contribution >= 4 is 0 Å². The van der Waals surface area contributed by atoms with Crippen LogP contribution >= 0.6 is 0 Å². The van der Waals surface area contributed by atoms with E-state index in [0.717, 1.165) is 29.4 Å². The van der Waals surface area contributed by atoms with Gasteiger partial charge in [-0.15, -0.1) is 0 Å². The van der Waals surface area contributed by atoms with Gasteiger partial charge in [0, 0.05) is 0 Å². The van der Waals surface area contributed by atoms with Crippen LogP contribution in [0.3, 0.4) is 0 Å². The highest BCUT2D eigenvalue weighted by Crippen LogP contribution is 2.60. The lowest BCUT2D eigenvalue weighted by molar-refractivity contribution is 0.0488. The standard InChI is InChI=1S/C26H30O/c1-18-8-13-25-24-11-9-20-16-21(27-17-19-6-4-3-5-7-19)10-12-22(20)23(24)14-15-26(18,25)2/h3-8,10,12-13,16,18,23-25H,9,11,14-15,17H2,1-2H3/t18-,23?,24?,25-,26+/m0/s1. The second-order valence-corrected chi connectivity index (χ2v) is 9.19. The molecule has 0 radical (unpaired) electrons. The largest absolute Gasteiger partial charge is 0.489 e. The maximum Gasteiger partial charge on any atom is 0.120 e. The van der Waals surface area contributed by atoms with Crippen LogP contribution < -0.4 is 4.74 Å². The van der Waals surface area contributed by atoms with Crippen molar-refractivity contribution in [2.24, 2.45) is 23.2 Å². The van der Waals surface area contributed by atoms with E-state index in [1.807, 2.05) is 6.07 Å². The first kappa shape index (κ1) is 17.1. The van der Waals surface area contributed by atoms with Crippen LogP contribution in [-0.2, 0) is 13.0 Å². The van der Waals surface area contributed by atoms with Crippen molar-refractivity contribution in [1.29, 1.82) is 0 Å². The molecule has 3 aliphatic carbocycles. The van der Waals surface area contributed by atoms with Gasteiger partial charge >= 0.3 is 0 Å². The Balaban J connectivity index is 1.35. The SMILES string of the molecule is C[C@H]1C=C[C@H]2C3CCc4cc(OCc5ccccc5)ccc4C3CC[C@]12C. The molecule has 2 aromatic rings. The van der Waals surface area contributed by atoms with Gasteiger partial charge < -0.3 is 4.74 Å². The van der Waals surface area contributed by atoms with Gasteiger partial charge in [0.05, 0.1) is 0 Å². The summed E-state index contributed by atoms with van der Waals surface area (Å²) in [5.41, 5.74) is 4.86. The minimum atomic E-state index is 0.497. The van der Waals surface area contributed by atoms with Gasteiger partial charge in [-0.1, -0.05) is 62.4 Å². The molecule has 0 N–H and O–H groups in total. The number of fused-ring (bicyclic) bond motifs is 5. The van der Waals surface area contributed by atoms with Gasteiger partial charge in [-0.3, -0.25) is 0 Å². The van der Waals surface area contributed by atoms with Crippen molar-refractivity contribution in [3.63, 3.8) is 0 Å². The first-order valence-corrected chi connectivity index (χ1v) is 10.6. The molecule has 2 unspecified atom stereocenters. The average Bonchev–Trinajstić information content (AvgIpc) is 3.01. The lowest BCUT2D eigenvalue weighted by atomic mass is 9.54. The number of hydrogen-bond acceptors (Lipinski definition) is 1. The van der Waals surface area contributed by atoms with Crippen molar-refractivity contribution in [3.8, 4) is 5.75 Å². The summed E-state index contributed by atoms with van der Waals surface area (Å²) >= 11 is 0. The van der Waals surface area contributed by atoms with Crippen LogP contribution in [0.5, 0.6) is 5.75 Å². The summed E-state index contributed by atoms with van der Waals surface area (Å²) in [5.74, 6) is 4.09. The lowest BCUT2D eigenvalue weighted by Crippen LogP contribution is -2.42. The number of benzene rings is 2. The normalized spacial score (nSPS) is 33.9. The van der Waals surface area contributed by atoms with Crippen LogP contribution in [0, 0.1) is 23.2 Å². The van der Waals surface area contributed by atoms with Crippen LogP contribution in [0.1, 0.15) is 55.7 Å². The Labute approximate surface area is 163 Å². The summed E-state index contributed by atoms with van der Waals surface area (Å²) in [4.78, 5) is 0. The minimum absolute atomic E-state index is 0.497. The Morgan fingerprint density at radius 2 is 1.89 bits per heavy atom. The first-order chi connectivity index (χ1) is 13.1. The van der Waals surface area contributed by atoms with Crippen LogP contribution in [0.15, 0.2) is 60.7 Å². The summed E-state index contributed by atoms with van der Waals surface area (Å²) in [7, 11) is 0. The van der Waals surface area contributed by atoms with E-state index < -0.39 is 0 Å². The van der Waals surface area contributed by atoms with Crippen LogP contribution in [-0.4, -0.2) is 0 Å². The molecule has 2 aromatic carbocycles. The minimum Gasteiger partial charge on any atom is -0.489 e. The zero-order valence-corrected chi connectivity index (χ0v) is 16.5. The third-order valence-electron chi connectivity index (χ3n) is 7.89. The van der Waals surface area contributed by atoms with E-state index in [2.05, 4.69) is 68.5 Å². The zero-order chi connectivity index (χ0) is 18.4. The highest BCUT2D eigenvalue weighted by atomic mass is 16.5. The highest BCUT2D eigenvalue weighted by Gasteiger charge is 2.51. The first-order valence-electron chi connectivity index (χ1n) is 10.6. The summed E-state index contributed by atoms with van der Waals surface area (Å²) < 4.78 is 6.08. The fourth-order valence-corrected chi connectivity index (χ4v) is 6.07. The number of ether oxygens (including phenoxy) is 1. The predicted molar refractivity (Wildman–Crippen MR) is 111 cm³/mol. The average molecular weight is 359 g/mol. The Bertz CT molecular complexity index is 852. The molecule has 1 heteroatoms. The molecular formula is C26H30O. The molecule has 140 valence electrons. The second-order valence-electron chi connectivity index (χ2n) is 9.19. The van der Waals surface area contributed by atoms with E-state index >= 15 is 0 Å². The maximum atomic E-state index is 6.08. The van der Waals surface area contributed by atoms with E-state index in [0.29, 0.717) is 12.0 Å². The Morgan fingerprint density at radius 1 is 1.04 bits per heavy atom. The molecule has 1 fully saturated rings. The fraction of sp³-hybridized carbons (Fsp3) is 0.462. The van der Waals surface area contributed by atoms with Crippen molar-refractivity contribution in [2.45, 2.75) is 52.1 Å². The monoisotopic (exact) mass is 358 g/mol. The molecule has 1 nitrogen and oxygen atoms in total. The van der Waals surface area contributed by atoms with Crippen LogP contribution in [0.25, 0.3) is 0 Å². The third-order valence-corrected chi connectivity index (χ3v) is 7.89. The number of hydrogen-bond donors (Lipinski definition) is 0. The van der Waals surface area contributed by atoms with Crippen LogP contribution in [0.2, 0.25) is 0 Å². The molecule has 3 aliphatic rings. The molecule has 0 saturated heterocycles. The fourth-order valence-electron chi connectivity index (χ4n) is 6.07. The molecule has 0 bridgehead atoms. The Morgan fingerprint density at radius 3 is 2.74 bits per heavy atom. The van der Waals surface area contributed by atoms with E-state index in [1.54, 1.807) is 5.56 Å². The maximum absolute atomic E-state index is 6.08. The van der Waals surface area contributed by atoms with Gasteiger partial charge in [0.2, 0.25) is 0 Å². The van der Waals surface area contributed by atoms with Crippen molar-refractivity contribution in [3.05, 3.63) is 77.4 Å². The summed E-state index contributed by atoms with van der Waals surface area (Å²) in [6.45, 7) is 5.60. The summed E-state index contributed by atoms with van der Waals surface area (Å²) in [5, 5.41) is 0. The molecule has 0 aliphatic heterocycles. The van der Waals surface area contributed by atoms with E-state index in [4.69, 9.17) is 4.74 Å². The lowest BCUT2D eigenvalue weighted by Gasteiger charge is -2.50. The Kier molecular flexibility index (Phi) is 4.15. The number of rotatable bonds is 3. The molecule has 0 spiro atoms. The number of aryl methyl sites for hydroxylation is 1. The third kappa shape index (κ3) is 2.83. The molecule has 0 heterocycles. The quantitative estimate of drug-likeness (QED) is 0.566. The highest BCUT2D eigenvalue weighted by molar-refractivity contribution is 5.41. The summed E-state index contributed by atoms with van der Waals surface area (Å²) in [6, 6.07) is 17.3. The van der Waals surface area contributed by atoms with Gasteiger partial charge in [0.25, 0.3) is 0 Å². The predicted octanol–water partition coefficient (Wildman–Crippen LogP) is 6.53. The van der Waals surface area contributed by atoms with Gasteiger partial charge in [-0.2, -0.15) is 0 Å². The smallest absolute Gasteiger partial charge is 0.120 e. The zero-order valence-electron chi connectivity index (χ0n) is 16.5. The van der Waals surface area contributed by atoms with Gasteiger partial charge in [-0.05, 0) is 83.6 Å². The van der Waals surface area contributed by atoms with Crippen LogP contribution in [0.4, 0.5) is 0 Å². The molecule has 5 atom stereocenters. The second kappa shape index (κ2) is 6.55. The van der Waals surface area contributed by atoms with Crippen molar-refractivity contribution in [1.82, 2.24) is 0 Å². The van der Waals surface area contributed by atoms with Gasteiger partial charge in [-0.25, -0.2) is 0 Å². The summed E-state index contributed by atoms with van der Waals surface area (Å²) in [6.07, 6.45) is 10.3. The molecule has 1 saturated carbocycles. The van der Waals surface area contributed by atoms with Gasteiger partial charge in [0.15, 0.2) is 0 Å². The van der Waals surface area contributed by atoms with Crippen molar-refractivity contribution < 1.29 is 4.74 Å². The van der Waals surface area contributed by atoms with Gasteiger partial charge in [0.1, 0.15) is 12.4 Å². The topological polar surface area (TPSA) is 9.23 Å². The van der Waals surface area contributed by atoms with E-state index in [9.17, 15) is 0 Å². The molecule has 5 rings (SSSR count). The molecule has 0 aromatic heterocycles. The number of allylic oxidation sites excluding steroid dienone is 2. The molecule has 27 heavy (non-hydrogen) atoms. The Hall–Kier alpha value is -2.02. The van der Waals surface area contributed by atoms with Crippen molar-refractivity contribution in [2.75, 3.05) is 0 Å².